The number of fused-ring (bicyclic) bond motifs is 6. The van der Waals surface area contributed by atoms with Gasteiger partial charge in [0.2, 0.25) is 0 Å². The molecule has 0 aliphatic carbocycles. The van der Waals surface area contributed by atoms with Crippen LogP contribution in [0.5, 0.6) is 0 Å². The molecule has 0 saturated carbocycles. The smallest absolute Gasteiger partial charge is 0.181 e. The van der Waals surface area contributed by atoms with E-state index < -0.39 is 8.07 Å². The van der Waals surface area contributed by atoms with Crippen LogP contribution in [0.1, 0.15) is 0 Å². The van der Waals surface area contributed by atoms with Crippen LogP contribution in [0.4, 0.5) is 0 Å². The first-order valence-electron chi connectivity index (χ1n) is 13.4. The van der Waals surface area contributed by atoms with Gasteiger partial charge >= 0.3 is 0 Å². The molecule has 8 rings (SSSR count). The SMILES string of the molecule is c1ccc(-n2c3ccccc3c3ccc4c(c32)Sc2ccccc2[Si]4(c2ccccc2)c2ccccc2)cc1. The summed E-state index contributed by atoms with van der Waals surface area (Å²) in [5.74, 6) is 0. The molecule has 0 amide bonds. The first-order chi connectivity index (χ1) is 19.4. The van der Waals surface area contributed by atoms with Crippen molar-refractivity contribution in [3.63, 3.8) is 0 Å². The van der Waals surface area contributed by atoms with Crippen molar-refractivity contribution in [2.75, 3.05) is 0 Å². The highest BCUT2D eigenvalue weighted by molar-refractivity contribution is 8.00. The third-order valence-electron chi connectivity index (χ3n) is 8.13. The highest BCUT2D eigenvalue weighted by Crippen LogP contribution is 2.42. The molecule has 0 radical (unpaired) electrons. The molecule has 1 aliphatic heterocycles. The molecule has 0 saturated heterocycles. The molecule has 0 unspecified atom stereocenters. The number of benzene rings is 6. The van der Waals surface area contributed by atoms with E-state index in [0.717, 1.165) is 0 Å². The maximum absolute atomic E-state index is 2.60. The predicted molar refractivity (Wildman–Crippen MR) is 169 cm³/mol. The molecule has 1 aliphatic rings. The summed E-state index contributed by atoms with van der Waals surface area (Å²) >= 11 is 1.94. The summed E-state index contributed by atoms with van der Waals surface area (Å²) in [5, 5.41) is 8.39. The van der Waals surface area contributed by atoms with Crippen LogP contribution in [0.2, 0.25) is 0 Å². The van der Waals surface area contributed by atoms with Gasteiger partial charge in [0.25, 0.3) is 0 Å². The van der Waals surface area contributed by atoms with Gasteiger partial charge in [0.1, 0.15) is 0 Å². The molecule has 0 N–H and O–H groups in total. The van der Waals surface area contributed by atoms with E-state index in [0.29, 0.717) is 0 Å². The lowest BCUT2D eigenvalue weighted by molar-refractivity contribution is 1.16. The molecule has 0 bridgehead atoms. The monoisotopic (exact) mass is 531 g/mol. The second kappa shape index (κ2) is 8.87. The average Bonchev–Trinajstić information content (AvgIpc) is 3.36. The highest BCUT2D eigenvalue weighted by Gasteiger charge is 2.47. The van der Waals surface area contributed by atoms with Gasteiger partial charge in [0.15, 0.2) is 8.07 Å². The van der Waals surface area contributed by atoms with E-state index in [1.807, 2.05) is 11.8 Å². The van der Waals surface area contributed by atoms with Crippen molar-refractivity contribution in [3.8, 4) is 5.69 Å². The second-order valence-electron chi connectivity index (χ2n) is 10.1. The van der Waals surface area contributed by atoms with Crippen LogP contribution in [0.3, 0.4) is 0 Å². The molecular formula is C36H25NSSi. The molecule has 184 valence electrons. The number of hydrogen-bond donors (Lipinski definition) is 0. The fourth-order valence-corrected chi connectivity index (χ4v) is 13.6. The second-order valence-corrected chi connectivity index (χ2v) is 14.9. The Kier molecular flexibility index (Phi) is 5.15. The Balaban J connectivity index is 1.60. The van der Waals surface area contributed by atoms with E-state index in [9.17, 15) is 0 Å². The molecule has 1 nitrogen and oxygen atoms in total. The summed E-state index contributed by atoms with van der Waals surface area (Å²) < 4.78 is 2.49. The summed E-state index contributed by atoms with van der Waals surface area (Å²) in [5.41, 5.74) is 3.75. The molecule has 0 atom stereocenters. The van der Waals surface area contributed by atoms with Gasteiger partial charge in [-0.2, -0.15) is 0 Å². The molecule has 2 heterocycles. The van der Waals surface area contributed by atoms with Gasteiger partial charge < -0.3 is 4.57 Å². The van der Waals surface area contributed by atoms with Gasteiger partial charge in [0.05, 0.1) is 11.0 Å². The molecule has 39 heavy (non-hydrogen) atoms. The van der Waals surface area contributed by atoms with Crippen LogP contribution < -0.4 is 20.7 Å². The topological polar surface area (TPSA) is 4.93 Å². The summed E-state index contributed by atoms with van der Waals surface area (Å²) in [6.07, 6.45) is 0. The fraction of sp³-hybridized carbons (Fsp3) is 0. The minimum absolute atomic E-state index is 1.20. The van der Waals surface area contributed by atoms with Crippen LogP contribution in [0.15, 0.2) is 161 Å². The van der Waals surface area contributed by atoms with Crippen molar-refractivity contribution in [1.82, 2.24) is 4.57 Å². The first-order valence-corrected chi connectivity index (χ1v) is 16.2. The number of hydrogen-bond acceptors (Lipinski definition) is 1. The van der Waals surface area contributed by atoms with E-state index >= 15 is 0 Å². The Bertz CT molecular complexity index is 1940. The molecule has 1 aromatic heterocycles. The van der Waals surface area contributed by atoms with E-state index in [-0.39, 0.29) is 0 Å². The summed E-state index contributed by atoms with van der Waals surface area (Å²) in [6.45, 7) is 0. The van der Waals surface area contributed by atoms with Gasteiger partial charge in [0, 0.05) is 26.3 Å². The van der Waals surface area contributed by atoms with E-state index in [4.69, 9.17) is 0 Å². The molecule has 6 aromatic carbocycles. The van der Waals surface area contributed by atoms with Gasteiger partial charge in [-0.25, -0.2) is 0 Å². The molecule has 7 aromatic rings. The van der Waals surface area contributed by atoms with Crippen molar-refractivity contribution < 1.29 is 0 Å². The Morgan fingerprint density at radius 1 is 0.462 bits per heavy atom. The van der Waals surface area contributed by atoms with Crippen LogP contribution in [-0.2, 0) is 0 Å². The molecular weight excluding hydrogens is 507 g/mol. The van der Waals surface area contributed by atoms with Gasteiger partial charge in [-0.05, 0) is 45.0 Å². The zero-order valence-corrected chi connectivity index (χ0v) is 23.1. The van der Waals surface area contributed by atoms with Crippen LogP contribution in [-0.4, -0.2) is 12.6 Å². The average molecular weight is 532 g/mol. The third-order valence-corrected chi connectivity index (χ3v) is 14.5. The summed E-state index contributed by atoms with van der Waals surface area (Å²) in [4.78, 5) is 2.74. The van der Waals surface area contributed by atoms with Gasteiger partial charge in [-0.3, -0.25) is 0 Å². The fourth-order valence-electron chi connectivity index (χ4n) is 6.56. The third kappa shape index (κ3) is 3.21. The standard InChI is InChI=1S/C36H25NSSi/c1-4-14-26(15-5-1)37-31-21-11-10-20-29(31)30-24-25-34-36(35(30)37)38-32-22-12-13-23-33(32)39(34,27-16-6-2-7-17-27)28-18-8-3-9-19-28/h1-25H. The Morgan fingerprint density at radius 2 is 1.05 bits per heavy atom. The van der Waals surface area contributed by atoms with E-state index in [2.05, 4.69) is 156 Å². The Labute approximate surface area is 233 Å². The van der Waals surface area contributed by atoms with Crippen molar-refractivity contribution in [2.24, 2.45) is 0 Å². The van der Waals surface area contributed by atoms with Crippen molar-refractivity contribution in [3.05, 3.63) is 152 Å². The zero-order valence-electron chi connectivity index (χ0n) is 21.3. The summed E-state index contributed by atoms with van der Waals surface area (Å²) in [6, 6.07) is 56.1. The maximum Gasteiger partial charge on any atom is 0.181 e. The van der Waals surface area contributed by atoms with Crippen LogP contribution >= 0.6 is 11.8 Å². The largest absolute Gasteiger partial charge is 0.308 e. The van der Waals surface area contributed by atoms with Gasteiger partial charge in [-0.15, -0.1) is 0 Å². The van der Waals surface area contributed by atoms with E-state index in [1.165, 1.54) is 58.0 Å². The minimum atomic E-state index is -2.60. The lowest BCUT2D eigenvalue weighted by Gasteiger charge is -2.40. The van der Waals surface area contributed by atoms with E-state index in [1.54, 1.807) is 0 Å². The first kappa shape index (κ1) is 22.7. The van der Waals surface area contributed by atoms with Gasteiger partial charge in [-0.1, -0.05) is 139 Å². The number of rotatable bonds is 3. The Hall–Kier alpha value is -4.31. The van der Waals surface area contributed by atoms with Crippen molar-refractivity contribution in [2.45, 2.75) is 9.79 Å². The van der Waals surface area contributed by atoms with Crippen LogP contribution in [0, 0.1) is 0 Å². The van der Waals surface area contributed by atoms with Crippen LogP contribution in [0.25, 0.3) is 27.5 Å². The predicted octanol–water partition coefficient (Wildman–Crippen LogP) is 6.63. The van der Waals surface area contributed by atoms with Crippen molar-refractivity contribution >= 4 is 62.4 Å². The zero-order chi connectivity index (χ0) is 25.8. The molecule has 0 fully saturated rings. The lowest BCUT2D eigenvalue weighted by atomic mass is 10.1. The lowest BCUT2D eigenvalue weighted by Crippen LogP contribution is -2.76. The molecule has 3 heteroatoms. The molecule has 0 spiro atoms. The maximum atomic E-state index is 2.49. The number of aromatic nitrogens is 1. The van der Waals surface area contributed by atoms with Crippen molar-refractivity contribution in [1.29, 1.82) is 0 Å². The summed E-state index contributed by atoms with van der Waals surface area (Å²) in [7, 11) is -2.60. The Morgan fingerprint density at radius 3 is 1.77 bits per heavy atom. The number of nitrogens with zero attached hydrogens (tertiary/aromatic N) is 1. The number of para-hydroxylation sites is 2. The minimum Gasteiger partial charge on any atom is -0.308 e. The highest BCUT2D eigenvalue weighted by atomic mass is 32.2. The quantitative estimate of drug-likeness (QED) is 0.232. The normalized spacial score (nSPS) is 13.7.